The second-order valence-electron chi connectivity index (χ2n) is 13.1. The Morgan fingerprint density at radius 2 is 1.45 bits per heavy atom. The van der Waals surface area contributed by atoms with Crippen LogP contribution in [0.2, 0.25) is 0 Å². The third-order valence-corrected chi connectivity index (χ3v) is 10.2. The van der Waals surface area contributed by atoms with E-state index in [4.69, 9.17) is 29.0 Å². The summed E-state index contributed by atoms with van der Waals surface area (Å²) in [6.07, 6.45) is 9.39. The molecule has 1 amide bonds. The molecule has 8 heteroatoms. The molecule has 2 saturated heterocycles. The van der Waals surface area contributed by atoms with Crippen LogP contribution in [0.25, 0.3) is 0 Å². The number of carbonyl (C=O) groups excluding carboxylic acids is 1. The number of ether oxygens (including phenoxy) is 2. The molecule has 0 radical (unpaired) electrons. The van der Waals surface area contributed by atoms with Crippen LogP contribution >= 0.6 is 0 Å². The highest BCUT2D eigenvalue weighted by atomic mass is 17.4. The lowest BCUT2D eigenvalue weighted by Crippen LogP contribution is -2.64. The summed E-state index contributed by atoms with van der Waals surface area (Å²) < 4.78 is 11.5. The van der Waals surface area contributed by atoms with E-state index in [9.17, 15) is 4.79 Å². The number of amides is 1. The van der Waals surface area contributed by atoms with Gasteiger partial charge in [-0.1, -0.05) is 12.1 Å². The first-order chi connectivity index (χ1) is 18.3. The standard InChI is InChI=1S/C30H41NO7/c1-28(2,27(32)31-11-13-33-14-12-31)34-26-5-3-22(4-6-26)23-7-9-29(10-8-23)35-37-30(38-36-29)24-16-20-15-21(18-24)19-25(30)17-20/h3-6,20-21,23-25H,7-19H2,1-2H3. The normalized spacial score (nSPS) is 40.6. The molecule has 5 saturated carbocycles. The van der Waals surface area contributed by atoms with Gasteiger partial charge in [-0.2, -0.15) is 19.6 Å². The highest BCUT2D eigenvalue weighted by molar-refractivity contribution is 5.84. The van der Waals surface area contributed by atoms with Gasteiger partial charge < -0.3 is 14.4 Å². The molecule has 38 heavy (non-hydrogen) atoms. The number of rotatable bonds is 4. The molecule has 0 aromatic heterocycles. The van der Waals surface area contributed by atoms with Crippen molar-refractivity contribution in [1.82, 2.24) is 4.90 Å². The number of nitrogens with zero attached hydrogens (tertiary/aromatic N) is 1. The van der Waals surface area contributed by atoms with E-state index in [1.807, 2.05) is 30.9 Å². The van der Waals surface area contributed by atoms with Crippen LogP contribution in [0.3, 0.4) is 0 Å². The maximum Gasteiger partial charge on any atom is 0.266 e. The molecule has 0 unspecified atom stereocenters. The maximum absolute atomic E-state index is 13.0. The Morgan fingerprint density at radius 3 is 2.03 bits per heavy atom. The highest BCUT2D eigenvalue weighted by Crippen LogP contribution is 2.62. The Kier molecular flexibility index (Phi) is 6.28. The summed E-state index contributed by atoms with van der Waals surface area (Å²) in [6, 6.07) is 8.19. The molecule has 5 aliphatic carbocycles. The summed E-state index contributed by atoms with van der Waals surface area (Å²) in [6.45, 7) is 6.05. The van der Waals surface area contributed by atoms with Gasteiger partial charge in [0.2, 0.25) is 11.6 Å². The molecular weight excluding hydrogens is 486 g/mol. The van der Waals surface area contributed by atoms with E-state index < -0.39 is 17.2 Å². The number of hydrogen-bond acceptors (Lipinski definition) is 7. The molecule has 1 aromatic carbocycles. The molecule has 2 aliphatic heterocycles. The van der Waals surface area contributed by atoms with Crippen molar-refractivity contribution in [3.63, 3.8) is 0 Å². The first-order valence-electron chi connectivity index (χ1n) is 14.7. The minimum atomic E-state index is -0.930. The van der Waals surface area contributed by atoms with Crippen LogP contribution in [0.4, 0.5) is 0 Å². The van der Waals surface area contributed by atoms with Gasteiger partial charge in [0.15, 0.2) is 5.60 Å². The third-order valence-electron chi connectivity index (χ3n) is 10.2. The SMILES string of the molecule is CC(C)(Oc1ccc(C2CCC3(CC2)OOC2(OO3)C3CC4CC(C3)CC2C4)cc1)C(=O)N1CCOCC1. The van der Waals surface area contributed by atoms with E-state index in [2.05, 4.69) is 12.1 Å². The maximum atomic E-state index is 13.0. The van der Waals surface area contributed by atoms with Gasteiger partial charge in [0, 0.05) is 37.8 Å². The molecule has 7 fully saturated rings. The van der Waals surface area contributed by atoms with Crippen LogP contribution in [-0.2, 0) is 29.1 Å². The molecule has 7 aliphatic rings. The van der Waals surface area contributed by atoms with Crippen molar-refractivity contribution in [2.45, 2.75) is 94.7 Å². The lowest BCUT2D eigenvalue weighted by molar-refractivity contribution is -0.680. The summed E-state index contributed by atoms with van der Waals surface area (Å²) in [7, 11) is 0. The van der Waals surface area contributed by atoms with Crippen molar-refractivity contribution in [3.8, 4) is 5.75 Å². The molecule has 8 rings (SSSR count). The van der Waals surface area contributed by atoms with Gasteiger partial charge in [-0.15, -0.1) is 0 Å². The zero-order valence-electron chi connectivity index (χ0n) is 22.7. The van der Waals surface area contributed by atoms with Crippen LogP contribution in [0, 0.1) is 23.7 Å². The Morgan fingerprint density at radius 1 is 0.868 bits per heavy atom. The zero-order valence-corrected chi connectivity index (χ0v) is 22.7. The van der Waals surface area contributed by atoms with Crippen LogP contribution in [-0.4, -0.2) is 54.3 Å². The van der Waals surface area contributed by atoms with E-state index in [0.29, 0.717) is 49.8 Å². The summed E-state index contributed by atoms with van der Waals surface area (Å²) in [5, 5.41) is 0. The van der Waals surface area contributed by atoms with Crippen molar-refractivity contribution < 1.29 is 33.8 Å². The van der Waals surface area contributed by atoms with E-state index in [1.165, 1.54) is 37.7 Å². The fraction of sp³-hybridized carbons (Fsp3) is 0.767. The van der Waals surface area contributed by atoms with Gasteiger partial charge in [-0.05, 0) is 94.2 Å². The first kappa shape index (κ1) is 25.3. The van der Waals surface area contributed by atoms with Gasteiger partial charge in [-0.25, -0.2) is 0 Å². The molecule has 0 N–H and O–H groups in total. The van der Waals surface area contributed by atoms with Crippen molar-refractivity contribution >= 4 is 5.91 Å². The first-order valence-corrected chi connectivity index (χ1v) is 14.7. The highest BCUT2D eigenvalue weighted by Gasteiger charge is 2.64. The molecule has 208 valence electrons. The van der Waals surface area contributed by atoms with Gasteiger partial charge in [-0.3, -0.25) is 4.79 Å². The Bertz CT molecular complexity index is 986. The molecule has 4 bridgehead atoms. The third kappa shape index (κ3) is 4.37. The van der Waals surface area contributed by atoms with Gasteiger partial charge in [0.05, 0.1) is 13.2 Å². The monoisotopic (exact) mass is 527 g/mol. The summed E-state index contributed by atoms with van der Waals surface area (Å²) in [4.78, 5) is 39.4. The van der Waals surface area contributed by atoms with E-state index in [-0.39, 0.29) is 5.91 Å². The van der Waals surface area contributed by atoms with E-state index in [0.717, 1.165) is 37.5 Å². The molecule has 0 atom stereocenters. The molecule has 8 nitrogen and oxygen atoms in total. The largest absolute Gasteiger partial charge is 0.478 e. The Labute approximate surface area is 225 Å². The minimum Gasteiger partial charge on any atom is -0.478 e. The fourth-order valence-corrected chi connectivity index (χ4v) is 8.27. The van der Waals surface area contributed by atoms with Crippen molar-refractivity contribution in [3.05, 3.63) is 29.8 Å². The fourth-order valence-electron chi connectivity index (χ4n) is 8.27. The predicted octanol–water partition coefficient (Wildman–Crippen LogP) is 5.12. The van der Waals surface area contributed by atoms with Gasteiger partial charge >= 0.3 is 0 Å². The van der Waals surface area contributed by atoms with Crippen LogP contribution in [0.1, 0.15) is 83.1 Å². The van der Waals surface area contributed by atoms with E-state index >= 15 is 0 Å². The summed E-state index contributed by atoms with van der Waals surface area (Å²) in [5.41, 5.74) is 0.333. The van der Waals surface area contributed by atoms with Gasteiger partial charge in [0.1, 0.15) is 5.75 Å². The smallest absolute Gasteiger partial charge is 0.266 e. The zero-order chi connectivity index (χ0) is 26.0. The van der Waals surface area contributed by atoms with Crippen LogP contribution < -0.4 is 4.74 Å². The molecular formula is C30H41NO7. The number of carbonyl (C=O) groups is 1. The van der Waals surface area contributed by atoms with Crippen molar-refractivity contribution in [1.29, 1.82) is 0 Å². The van der Waals surface area contributed by atoms with E-state index in [1.54, 1.807) is 0 Å². The Hall–Kier alpha value is -1.71. The predicted molar refractivity (Wildman–Crippen MR) is 137 cm³/mol. The lowest BCUT2D eigenvalue weighted by atomic mass is 9.53. The minimum absolute atomic E-state index is 0.00480. The average molecular weight is 528 g/mol. The van der Waals surface area contributed by atoms with Gasteiger partial charge in [0.25, 0.3) is 5.91 Å². The molecule has 2 spiro atoms. The second kappa shape index (κ2) is 9.44. The quantitative estimate of drug-likeness (QED) is 0.503. The summed E-state index contributed by atoms with van der Waals surface area (Å²) >= 11 is 0. The summed E-state index contributed by atoms with van der Waals surface area (Å²) in [5.74, 6) is 2.05. The number of hydrogen-bond donors (Lipinski definition) is 0. The Balaban J connectivity index is 0.935. The number of morpholine rings is 1. The topological polar surface area (TPSA) is 75.7 Å². The second-order valence-corrected chi connectivity index (χ2v) is 13.1. The molecule has 2 heterocycles. The average Bonchev–Trinajstić information content (AvgIpc) is 2.93. The lowest BCUT2D eigenvalue weighted by Gasteiger charge is -2.60. The van der Waals surface area contributed by atoms with Crippen molar-refractivity contribution in [2.24, 2.45) is 23.7 Å². The van der Waals surface area contributed by atoms with Crippen molar-refractivity contribution in [2.75, 3.05) is 26.3 Å². The van der Waals surface area contributed by atoms with Crippen LogP contribution in [0.15, 0.2) is 24.3 Å². The number of benzene rings is 1. The molecule has 1 aromatic rings. The van der Waals surface area contributed by atoms with Crippen LogP contribution in [0.5, 0.6) is 5.75 Å².